The van der Waals surface area contributed by atoms with Crippen LogP contribution in [0, 0.1) is 0 Å². The highest BCUT2D eigenvalue weighted by Gasteiger charge is 2.33. The number of benzene rings is 4. The molecule has 1 atom stereocenters. The van der Waals surface area contributed by atoms with Crippen molar-refractivity contribution in [1.29, 1.82) is 0 Å². The zero-order valence-corrected chi connectivity index (χ0v) is 17.5. The summed E-state index contributed by atoms with van der Waals surface area (Å²) in [5.41, 5.74) is 7.09. The number of fused-ring (bicyclic) bond motifs is 1. The minimum atomic E-state index is -0.278. The lowest BCUT2D eigenvalue weighted by molar-refractivity contribution is 0.0975. The quantitative estimate of drug-likeness (QED) is 0.411. The normalized spacial score (nSPS) is 15.3. The zero-order chi connectivity index (χ0) is 21.2. The van der Waals surface area contributed by atoms with Gasteiger partial charge in [0.05, 0.1) is 5.56 Å². The number of amides is 1. The van der Waals surface area contributed by atoms with Gasteiger partial charge in [0.2, 0.25) is 0 Å². The highest BCUT2D eigenvalue weighted by atomic mass is 16.2. The van der Waals surface area contributed by atoms with E-state index in [-0.39, 0.29) is 12.1 Å². The Kier molecular flexibility index (Phi) is 5.01. The Hall–Kier alpha value is -3.85. The highest BCUT2D eigenvalue weighted by molar-refractivity contribution is 6.12. The Bertz CT molecular complexity index is 1200. The van der Waals surface area contributed by atoms with Crippen molar-refractivity contribution in [3.05, 3.63) is 120 Å². The third-order valence-corrected chi connectivity index (χ3v) is 5.88. The molecule has 1 N–H and O–H groups in total. The van der Waals surface area contributed by atoms with E-state index in [1.54, 1.807) is 0 Å². The molecule has 1 aliphatic heterocycles. The van der Waals surface area contributed by atoms with Crippen molar-refractivity contribution in [1.82, 2.24) is 0 Å². The molecule has 0 unspecified atom stereocenters. The SMILES string of the molecule is CCc1ccc(N2C(=O)c3ccccc3N[C@H]2c2ccc(-c3ccccc3)cc2)cc1. The molecule has 4 aromatic carbocycles. The summed E-state index contributed by atoms with van der Waals surface area (Å²) in [5, 5.41) is 3.59. The molecule has 0 aromatic heterocycles. The molecule has 0 bridgehead atoms. The van der Waals surface area contributed by atoms with Crippen molar-refractivity contribution in [3.8, 4) is 11.1 Å². The maximum Gasteiger partial charge on any atom is 0.262 e. The summed E-state index contributed by atoms with van der Waals surface area (Å²) in [4.78, 5) is 15.4. The predicted octanol–water partition coefficient (Wildman–Crippen LogP) is 6.69. The van der Waals surface area contributed by atoms with Crippen molar-refractivity contribution in [3.63, 3.8) is 0 Å². The van der Waals surface area contributed by atoms with Gasteiger partial charge in [-0.2, -0.15) is 0 Å². The summed E-state index contributed by atoms with van der Waals surface area (Å²) >= 11 is 0. The molecule has 31 heavy (non-hydrogen) atoms. The minimum absolute atomic E-state index is 0.00994. The number of rotatable bonds is 4. The average Bonchev–Trinajstić information content (AvgIpc) is 2.85. The molecular formula is C28H24N2O. The number of nitrogens with one attached hydrogen (secondary N) is 1. The molecule has 5 rings (SSSR count). The lowest BCUT2D eigenvalue weighted by atomic mass is 9.99. The second kappa shape index (κ2) is 8.11. The second-order valence-corrected chi connectivity index (χ2v) is 7.78. The van der Waals surface area contributed by atoms with Crippen LogP contribution in [0.25, 0.3) is 11.1 Å². The van der Waals surface area contributed by atoms with Gasteiger partial charge in [0.1, 0.15) is 6.17 Å². The molecule has 0 spiro atoms. The first-order chi connectivity index (χ1) is 15.2. The van der Waals surface area contributed by atoms with E-state index in [1.165, 1.54) is 11.1 Å². The first-order valence-electron chi connectivity index (χ1n) is 10.7. The summed E-state index contributed by atoms with van der Waals surface area (Å²) < 4.78 is 0. The fraction of sp³-hybridized carbons (Fsp3) is 0.107. The smallest absolute Gasteiger partial charge is 0.262 e. The van der Waals surface area contributed by atoms with Gasteiger partial charge in [-0.1, -0.05) is 85.8 Å². The van der Waals surface area contributed by atoms with Gasteiger partial charge in [0.25, 0.3) is 5.91 Å². The van der Waals surface area contributed by atoms with E-state index in [2.05, 4.69) is 60.8 Å². The van der Waals surface area contributed by atoms with E-state index < -0.39 is 0 Å². The Labute approximate surface area is 183 Å². The number of aryl methyl sites for hydroxylation is 1. The van der Waals surface area contributed by atoms with Crippen LogP contribution in [0.15, 0.2) is 103 Å². The Morgan fingerprint density at radius 1 is 0.742 bits per heavy atom. The molecule has 0 radical (unpaired) electrons. The van der Waals surface area contributed by atoms with Crippen molar-refractivity contribution in [2.75, 3.05) is 10.2 Å². The van der Waals surface area contributed by atoms with E-state index in [0.717, 1.165) is 28.9 Å². The molecule has 4 aromatic rings. The highest BCUT2D eigenvalue weighted by Crippen LogP contribution is 2.37. The van der Waals surface area contributed by atoms with Crippen LogP contribution in [0.1, 0.15) is 34.6 Å². The number of nitrogens with zero attached hydrogens (tertiary/aromatic N) is 1. The van der Waals surface area contributed by atoms with Crippen LogP contribution in [-0.2, 0) is 6.42 Å². The van der Waals surface area contributed by atoms with Crippen LogP contribution in [0.4, 0.5) is 11.4 Å². The Balaban J connectivity index is 1.56. The number of hydrogen-bond acceptors (Lipinski definition) is 2. The molecule has 0 fully saturated rings. The average molecular weight is 405 g/mol. The van der Waals surface area contributed by atoms with E-state index >= 15 is 0 Å². The van der Waals surface area contributed by atoms with Crippen molar-refractivity contribution in [2.24, 2.45) is 0 Å². The molecule has 3 nitrogen and oxygen atoms in total. The summed E-state index contributed by atoms with van der Waals surface area (Å²) in [6.07, 6.45) is 0.694. The van der Waals surface area contributed by atoms with Crippen LogP contribution in [0.3, 0.4) is 0 Å². The largest absolute Gasteiger partial charge is 0.360 e. The Morgan fingerprint density at radius 3 is 2.10 bits per heavy atom. The number of carbonyl (C=O) groups excluding carboxylic acids is 1. The molecule has 1 heterocycles. The first kappa shape index (κ1) is 19.1. The van der Waals surface area contributed by atoms with Gasteiger partial charge in [-0.3, -0.25) is 9.69 Å². The van der Waals surface area contributed by atoms with Gasteiger partial charge in [-0.25, -0.2) is 0 Å². The zero-order valence-electron chi connectivity index (χ0n) is 17.5. The molecule has 1 amide bonds. The summed E-state index contributed by atoms with van der Waals surface area (Å²) in [7, 11) is 0. The summed E-state index contributed by atoms with van der Waals surface area (Å²) in [6, 6.07) is 34.8. The van der Waals surface area contributed by atoms with E-state index in [9.17, 15) is 4.79 Å². The lowest BCUT2D eigenvalue weighted by Crippen LogP contribution is -2.43. The Morgan fingerprint density at radius 2 is 1.39 bits per heavy atom. The molecular weight excluding hydrogens is 380 g/mol. The van der Waals surface area contributed by atoms with Crippen molar-refractivity contribution in [2.45, 2.75) is 19.5 Å². The van der Waals surface area contributed by atoms with Crippen molar-refractivity contribution < 1.29 is 4.79 Å². The predicted molar refractivity (Wildman–Crippen MR) is 127 cm³/mol. The van der Waals surface area contributed by atoms with Gasteiger partial charge < -0.3 is 5.32 Å². The van der Waals surface area contributed by atoms with Gasteiger partial charge in [0, 0.05) is 11.4 Å². The van der Waals surface area contributed by atoms with Gasteiger partial charge in [-0.05, 0) is 52.9 Å². The third-order valence-electron chi connectivity index (χ3n) is 5.88. The first-order valence-corrected chi connectivity index (χ1v) is 10.7. The summed E-state index contributed by atoms with van der Waals surface area (Å²) in [5.74, 6) is 0.00994. The fourth-order valence-electron chi connectivity index (χ4n) is 4.13. The van der Waals surface area contributed by atoms with Crippen LogP contribution in [-0.4, -0.2) is 5.91 Å². The van der Waals surface area contributed by atoms with Crippen molar-refractivity contribution >= 4 is 17.3 Å². The van der Waals surface area contributed by atoms with Crippen LogP contribution in [0.5, 0.6) is 0 Å². The van der Waals surface area contributed by atoms with E-state index in [0.29, 0.717) is 5.56 Å². The molecule has 0 aliphatic carbocycles. The van der Waals surface area contributed by atoms with Gasteiger partial charge in [0.15, 0.2) is 0 Å². The van der Waals surface area contributed by atoms with E-state index in [4.69, 9.17) is 0 Å². The number of anilines is 2. The number of para-hydroxylation sites is 1. The maximum atomic E-state index is 13.5. The number of carbonyl (C=O) groups is 1. The molecule has 152 valence electrons. The second-order valence-electron chi connectivity index (χ2n) is 7.78. The van der Waals surface area contributed by atoms with Gasteiger partial charge in [-0.15, -0.1) is 0 Å². The van der Waals surface area contributed by atoms with Gasteiger partial charge >= 0.3 is 0 Å². The number of hydrogen-bond donors (Lipinski definition) is 1. The molecule has 0 saturated carbocycles. The molecule has 1 aliphatic rings. The topological polar surface area (TPSA) is 32.3 Å². The van der Waals surface area contributed by atoms with Crippen LogP contribution < -0.4 is 10.2 Å². The monoisotopic (exact) mass is 404 g/mol. The molecule has 3 heteroatoms. The molecule has 0 saturated heterocycles. The fourth-order valence-corrected chi connectivity index (χ4v) is 4.13. The third kappa shape index (κ3) is 3.59. The standard InChI is InChI=1S/C28H24N2O/c1-2-20-12-18-24(19-13-20)30-27(29-26-11-7-6-10-25(26)28(30)31)23-16-14-22(15-17-23)21-8-4-3-5-9-21/h3-19,27,29H,2H2,1H3/t27-/m1/s1. The van der Waals surface area contributed by atoms with E-state index in [1.807, 2.05) is 59.5 Å². The maximum absolute atomic E-state index is 13.5. The van der Waals surface area contributed by atoms with Crippen LogP contribution in [0.2, 0.25) is 0 Å². The van der Waals surface area contributed by atoms with Crippen LogP contribution >= 0.6 is 0 Å². The lowest BCUT2D eigenvalue weighted by Gasteiger charge is -2.38. The summed E-state index contributed by atoms with van der Waals surface area (Å²) in [6.45, 7) is 2.13. The minimum Gasteiger partial charge on any atom is -0.360 e.